The number of likely N-dealkylation sites (N-methyl/N-ethyl adjacent to an activating group) is 2. The predicted octanol–water partition coefficient (Wildman–Crippen LogP) is 2.69. The number of halogens is 1. The van der Waals surface area contributed by atoms with E-state index in [1.807, 2.05) is 20.2 Å². The maximum atomic E-state index is 13.5. The van der Waals surface area contributed by atoms with Gasteiger partial charge in [-0.1, -0.05) is 12.1 Å². The number of carbonyl (C=O) groups is 1. The molecule has 1 amide bonds. The molecule has 0 radical (unpaired) electrons. The Bertz CT molecular complexity index is 723. The van der Waals surface area contributed by atoms with Crippen molar-refractivity contribution >= 4 is 5.91 Å². The van der Waals surface area contributed by atoms with Crippen LogP contribution in [0.25, 0.3) is 0 Å². The molecule has 128 valence electrons. The van der Waals surface area contributed by atoms with Gasteiger partial charge < -0.3 is 4.90 Å². The Hall–Kier alpha value is -2.21. The van der Waals surface area contributed by atoms with Crippen LogP contribution in [0.15, 0.2) is 30.3 Å². The van der Waals surface area contributed by atoms with Crippen LogP contribution in [0.4, 0.5) is 4.39 Å². The fourth-order valence-corrected chi connectivity index (χ4v) is 2.93. The van der Waals surface area contributed by atoms with Crippen LogP contribution in [0.3, 0.4) is 0 Å². The van der Waals surface area contributed by atoms with Crippen LogP contribution in [0.5, 0.6) is 0 Å². The van der Waals surface area contributed by atoms with E-state index in [-0.39, 0.29) is 11.7 Å². The smallest absolute Gasteiger partial charge is 0.244 e. The van der Waals surface area contributed by atoms with Crippen LogP contribution in [-0.4, -0.2) is 47.0 Å². The molecule has 1 atom stereocenters. The van der Waals surface area contributed by atoms with E-state index in [2.05, 4.69) is 10.2 Å². The normalized spacial score (nSPS) is 15.5. The lowest BCUT2D eigenvalue weighted by atomic mass is 10.0. The largest absolute Gasteiger partial charge is 0.338 e. The zero-order chi connectivity index (χ0) is 17.3. The first-order valence-electron chi connectivity index (χ1n) is 8.16. The monoisotopic (exact) mass is 330 g/mol. The Kier molecular flexibility index (Phi) is 4.66. The summed E-state index contributed by atoms with van der Waals surface area (Å²) in [6.45, 7) is 0.457. The summed E-state index contributed by atoms with van der Waals surface area (Å²) in [7, 11) is 5.40. The Morgan fingerprint density at radius 3 is 2.71 bits per heavy atom. The summed E-state index contributed by atoms with van der Waals surface area (Å²) in [5, 5.41) is 7.33. The van der Waals surface area contributed by atoms with Crippen molar-refractivity contribution < 1.29 is 9.18 Å². The van der Waals surface area contributed by atoms with Gasteiger partial charge in [0.25, 0.3) is 0 Å². The molecule has 1 aromatic carbocycles. The number of hydrogen-bond acceptors (Lipinski definition) is 3. The van der Waals surface area contributed by atoms with Gasteiger partial charge in [0.05, 0.1) is 17.9 Å². The SMILES string of the molecule is CN(Cc1cc(C2CC2)n[nH]1)C(=O)[C@@H](c1cccc(F)c1)N(C)C. The summed E-state index contributed by atoms with van der Waals surface area (Å²) in [5.74, 6) is 0.170. The van der Waals surface area contributed by atoms with E-state index in [0.29, 0.717) is 18.0 Å². The van der Waals surface area contributed by atoms with E-state index in [1.165, 1.54) is 25.0 Å². The van der Waals surface area contributed by atoms with E-state index < -0.39 is 6.04 Å². The van der Waals surface area contributed by atoms with Crippen molar-refractivity contribution in [3.63, 3.8) is 0 Å². The van der Waals surface area contributed by atoms with Gasteiger partial charge in [0.2, 0.25) is 5.91 Å². The van der Waals surface area contributed by atoms with Crippen molar-refractivity contribution in [3.05, 3.63) is 53.1 Å². The van der Waals surface area contributed by atoms with E-state index in [0.717, 1.165) is 11.4 Å². The van der Waals surface area contributed by atoms with Gasteiger partial charge in [0, 0.05) is 13.0 Å². The summed E-state index contributed by atoms with van der Waals surface area (Å²) >= 11 is 0. The van der Waals surface area contributed by atoms with Gasteiger partial charge >= 0.3 is 0 Å². The molecular formula is C18H23FN4O. The number of nitrogens with one attached hydrogen (secondary N) is 1. The van der Waals surface area contributed by atoms with Crippen LogP contribution in [-0.2, 0) is 11.3 Å². The highest BCUT2D eigenvalue weighted by Crippen LogP contribution is 2.39. The van der Waals surface area contributed by atoms with Crippen LogP contribution in [0.2, 0.25) is 0 Å². The average molecular weight is 330 g/mol. The number of rotatable bonds is 6. The van der Waals surface area contributed by atoms with Crippen LogP contribution >= 0.6 is 0 Å². The third kappa shape index (κ3) is 3.64. The number of hydrogen-bond donors (Lipinski definition) is 1. The number of aromatic amines is 1. The van der Waals surface area contributed by atoms with Crippen molar-refractivity contribution in [2.45, 2.75) is 31.3 Å². The number of carbonyl (C=O) groups excluding carboxylic acids is 1. The molecular weight excluding hydrogens is 307 g/mol. The predicted molar refractivity (Wildman–Crippen MR) is 89.9 cm³/mol. The molecule has 0 bridgehead atoms. The highest BCUT2D eigenvalue weighted by Gasteiger charge is 2.28. The summed E-state index contributed by atoms with van der Waals surface area (Å²) in [6.07, 6.45) is 2.39. The first-order valence-corrected chi connectivity index (χ1v) is 8.16. The topological polar surface area (TPSA) is 52.2 Å². The Labute approximate surface area is 141 Å². The molecule has 1 aliphatic rings. The molecule has 1 N–H and O–H groups in total. The van der Waals surface area contributed by atoms with Crippen molar-refractivity contribution in [1.82, 2.24) is 20.0 Å². The minimum Gasteiger partial charge on any atom is -0.338 e. The molecule has 6 heteroatoms. The van der Waals surface area contributed by atoms with Gasteiger partial charge in [-0.15, -0.1) is 0 Å². The highest BCUT2D eigenvalue weighted by atomic mass is 19.1. The van der Waals surface area contributed by atoms with E-state index in [1.54, 1.807) is 29.0 Å². The molecule has 0 spiro atoms. The van der Waals surface area contributed by atoms with Gasteiger partial charge in [0.15, 0.2) is 0 Å². The van der Waals surface area contributed by atoms with E-state index in [9.17, 15) is 9.18 Å². The first kappa shape index (κ1) is 16.6. The molecule has 1 fully saturated rings. The molecule has 0 saturated heterocycles. The summed E-state index contributed by atoms with van der Waals surface area (Å²) in [5.41, 5.74) is 2.66. The van der Waals surface area contributed by atoms with Gasteiger partial charge in [-0.3, -0.25) is 14.8 Å². The fraction of sp³-hybridized carbons (Fsp3) is 0.444. The van der Waals surface area contributed by atoms with Crippen LogP contribution in [0, 0.1) is 5.82 Å². The minimum absolute atomic E-state index is 0.0758. The molecule has 1 heterocycles. The number of benzene rings is 1. The summed E-state index contributed by atoms with van der Waals surface area (Å²) in [6, 6.07) is 7.73. The van der Waals surface area contributed by atoms with Crippen molar-refractivity contribution in [2.24, 2.45) is 0 Å². The Morgan fingerprint density at radius 1 is 1.33 bits per heavy atom. The molecule has 24 heavy (non-hydrogen) atoms. The fourth-order valence-electron chi connectivity index (χ4n) is 2.93. The van der Waals surface area contributed by atoms with Crippen molar-refractivity contribution in [2.75, 3.05) is 21.1 Å². The lowest BCUT2D eigenvalue weighted by molar-refractivity contribution is -0.135. The maximum Gasteiger partial charge on any atom is 0.244 e. The number of aromatic nitrogens is 2. The van der Waals surface area contributed by atoms with E-state index >= 15 is 0 Å². The second-order valence-electron chi connectivity index (χ2n) is 6.71. The first-order chi connectivity index (χ1) is 11.5. The highest BCUT2D eigenvalue weighted by molar-refractivity contribution is 5.83. The van der Waals surface area contributed by atoms with Crippen molar-refractivity contribution in [3.8, 4) is 0 Å². The summed E-state index contributed by atoms with van der Waals surface area (Å²) in [4.78, 5) is 16.3. The number of amides is 1. The molecule has 2 aromatic rings. The minimum atomic E-state index is -0.517. The summed E-state index contributed by atoms with van der Waals surface area (Å²) < 4.78 is 13.5. The maximum absolute atomic E-state index is 13.5. The quantitative estimate of drug-likeness (QED) is 0.886. The number of nitrogens with zero attached hydrogens (tertiary/aromatic N) is 3. The molecule has 0 aliphatic heterocycles. The second-order valence-corrected chi connectivity index (χ2v) is 6.71. The molecule has 1 aromatic heterocycles. The molecule has 3 rings (SSSR count). The van der Waals surface area contributed by atoms with Gasteiger partial charge in [-0.05, 0) is 50.7 Å². The van der Waals surface area contributed by atoms with Crippen LogP contribution < -0.4 is 0 Å². The Morgan fingerprint density at radius 2 is 2.08 bits per heavy atom. The molecule has 1 saturated carbocycles. The lowest BCUT2D eigenvalue weighted by Gasteiger charge is -2.28. The van der Waals surface area contributed by atoms with Gasteiger partial charge in [-0.2, -0.15) is 5.10 Å². The van der Waals surface area contributed by atoms with E-state index in [4.69, 9.17) is 0 Å². The van der Waals surface area contributed by atoms with Gasteiger partial charge in [-0.25, -0.2) is 4.39 Å². The molecule has 1 aliphatic carbocycles. The van der Waals surface area contributed by atoms with Crippen LogP contribution in [0.1, 0.15) is 41.8 Å². The third-order valence-corrected chi connectivity index (χ3v) is 4.34. The third-order valence-electron chi connectivity index (χ3n) is 4.34. The molecule has 5 nitrogen and oxygen atoms in total. The number of H-pyrrole nitrogens is 1. The van der Waals surface area contributed by atoms with Crippen molar-refractivity contribution in [1.29, 1.82) is 0 Å². The standard InChI is InChI=1S/C18H23FN4O/c1-22(2)17(13-5-4-6-14(19)9-13)18(24)23(3)11-15-10-16(21-20-15)12-7-8-12/h4-6,9-10,12,17H,7-8,11H2,1-3H3,(H,20,21)/t17-/m1/s1. The Balaban J connectivity index is 1.73. The zero-order valence-corrected chi connectivity index (χ0v) is 14.3. The zero-order valence-electron chi connectivity index (χ0n) is 14.3. The molecule has 0 unspecified atom stereocenters. The lowest BCUT2D eigenvalue weighted by Crippen LogP contribution is -2.38. The average Bonchev–Trinajstić information content (AvgIpc) is 3.27. The van der Waals surface area contributed by atoms with Gasteiger partial charge in [0.1, 0.15) is 11.9 Å². The second kappa shape index (κ2) is 6.73.